The zero-order valence-electron chi connectivity index (χ0n) is 108. The van der Waals surface area contributed by atoms with E-state index >= 15 is 0 Å². The van der Waals surface area contributed by atoms with Gasteiger partial charge >= 0.3 is 0 Å². The van der Waals surface area contributed by atoms with Crippen molar-refractivity contribution in [2.24, 2.45) is 135 Å². The van der Waals surface area contributed by atoms with Crippen molar-refractivity contribution in [1.82, 2.24) is 9.80 Å². The van der Waals surface area contributed by atoms with E-state index in [4.69, 9.17) is 18.9 Å². The molecule has 0 aromatic heterocycles. The zero-order valence-corrected chi connectivity index (χ0v) is 108. The van der Waals surface area contributed by atoms with Crippen molar-refractivity contribution in [2.75, 3.05) is 74.3 Å². The van der Waals surface area contributed by atoms with Gasteiger partial charge in [-0.15, -0.1) is 0 Å². The minimum atomic E-state index is 0.0390. The van der Waals surface area contributed by atoms with Crippen molar-refractivity contribution >= 4 is 17.3 Å². The van der Waals surface area contributed by atoms with Gasteiger partial charge < -0.3 is 28.7 Å². The van der Waals surface area contributed by atoms with Crippen LogP contribution in [-0.4, -0.2) is 119 Å². The summed E-state index contributed by atoms with van der Waals surface area (Å²) in [5, 5.41) is 0. The average molecular weight is 1990 g/mol. The Bertz CT molecular complexity index is 2770. The van der Waals surface area contributed by atoms with Gasteiger partial charge in [-0.05, 0) is 298 Å². The first-order valence-corrected chi connectivity index (χ1v) is 58.8. The minimum absolute atomic E-state index is 0.0390. The van der Waals surface area contributed by atoms with Gasteiger partial charge in [0.15, 0.2) is 0 Å². The Kier molecular flexibility index (Phi) is 80.1. The maximum atomic E-state index is 11.9. The van der Waals surface area contributed by atoms with Crippen molar-refractivity contribution in [2.45, 2.75) is 623 Å². The summed E-state index contributed by atoms with van der Waals surface area (Å²) in [6, 6.07) is 0. The van der Waals surface area contributed by atoms with Gasteiger partial charge in [-0.2, -0.15) is 0 Å². The molecule has 0 saturated heterocycles. The maximum absolute atomic E-state index is 11.9. The topological polar surface area (TPSA) is 94.6 Å². The highest BCUT2D eigenvalue weighted by molar-refractivity contribution is 5.79. The minimum Gasteiger partial charge on any atom is -0.381 e. The van der Waals surface area contributed by atoms with E-state index in [0.717, 1.165) is 120 Å². The Balaban J connectivity index is -0.000000295. The summed E-state index contributed by atoms with van der Waals surface area (Å²) in [6.07, 6.45) is 42.9. The van der Waals surface area contributed by atoms with E-state index in [1.807, 2.05) is 7.11 Å². The standard InChI is InChI=1S/C19H41NO.C19H41N.3C19H38O.C18H38O2.C18H38O/c1-16(17(21-9)19(5,6)7)13-11-10-12-14-20(8)15-18(2,3)4;1-16(17(2)19(6,7)8)13-11-10-12-14-20(9)15-18(3,4)5;3*1-15(16(2)11-13-18(3,4)5)9-10-17(20)12-14-19(6,7)8;1-15(11-9-10-12-17(2,3)4)16(19-8)13-20-14-18(5,6)7;1-16(2,3)13-11-9-10-12-14-18(7,8)19-15-17(4,5)6/h16-17H,10-15H2,1-9H3;16-17H,10-15H2,1-9H3;4*15-16H,9-14H2,1-8H3;9-15H2,1-8H3. The predicted molar refractivity (Wildman–Crippen MR) is 633 cm³/mol. The first-order valence-electron chi connectivity index (χ1n) is 58.8. The lowest BCUT2D eigenvalue weighted by molar-refractivity contribution is -0.120. The molecule has 0 N–H and O–H groups in total. The van der Waals surface area contributed by atoms with Crippen LogP contribution in [0.5, 0.6) is 0 Å². The summed E-state index contributed by atoms with van der Waals surface area (Å²) in [5.41, 5.74) is 5.12. The quantitative estimate of drug-likeness (QED) is 0.0552. The van der Waals surface area contributed by atoms with E-state index in [1.165, 1.54) is 180 Å². The molecular formula is C131H272N2O7. The summed E-state index contributed by atoms with van der Waals surface area (Å²) in [4.78, 5) is 40.8. The third-order valence-corrected chi connectivity index (χ3v) is 28.7. The summed E-state index contributed by atoms with van der Waals surface area (Å²) in [5.74, 6) is 8.40. The lowest BCUT2D eigenvalue weighted by atomic mass is 9.73. The Morgan fingerprint density at radius 3 is 0.764 bits per heavy atom. The fourth-order valence-corrected chi connectivity index (χ4v) is 17.6. The Morgan fingerprint density at radius 1 is 0.236 bits per heavy atom. The van der Waals surface area contributed by atoms with Gasteiger partial charge in [-0.1, -0.05) is 431 Å². The van der Waals surface area contributed by atoms with Crippen molar-refractivity contribution in [3.05, 3.63) is 0 Å². The maximum Gasteiger partial charge on any atom is 0.132 e. The van der Waals surface area contributed by atoms with Crippen LogP contribution >= 0.6 is 0 Å². The number of unbranched alkanes of at least 4 members (excludes halogenated alkanes) is 8. The van der Waals surface area contributed by atoms with Crippen LogP contribution in [0, 0.1) is 135 Å². The van der Waals surface area contributed by atoms with Gasteiger partial charge in [-0.3, -0.25) is 14.4 Å². The molecule has 0 aliphatic heterocycles. The number of carbonyl (C=O) groups excluding carboxylic acids is 3. The van der Waals surface area contributed by atoms with Crippen molar-refractivity contribution in [1.29, 1.82) is 0 Å². The molecule has 0 bridgehead atoms. The number of ether oxygens (including phenoxy) is 4. The molecule has 0 heterocycles. The summed E-state index contributed by atoms with van der Waals surface area (Å²) in [7, 11) is 8.16. The highest BCUT2D eigenvalue weighted by Crippen LogP contribution is 2.38. The number of rotatable bonds is 58. The third-order valence-electron chi connectivity index (χ3n) is 28.7. The molecule has 0 fully saturated rings. The molecule has 9 heteroatoms. The molecule has 848 valence electrons. The van der Waals surface area contributed by atoms with Crippen molar-refractivity contribution in [3.8, 4) is 0 Å². The van der Waals surface area contributed by atoms with E-state index in [-0.39, 0.29) is 44.2 Å². The van der Waals surface area contributed by atoms with Gasteiger partial charge in [0.25, 0.3) is 0 Å². The predicted octanol–water partition coefficient (Wildman–Crippen LogP) is 41.4. The van der Waals surface area contributed by atoms with Crippen LogP contribution < -0.4 is 0 Å². The Morgan fingerprint density at radius 2 is 0.500 bits per heavy atom. The monoisotopic (exact) mass is 1990 g/mol. The number of nitrogens with zero attached hydrogens (tertiary/aromatic N) is 2. The Labute approximate surface area is 887 Å². The van der Waals surface area contributed by atoms with Crippen LogP contribution in [0.4, 0.5) is 0 Å². The van der Waals surface area contributed by atoms with Crippen LogP contribution in [0.15, 0.2) is 0 Å². The second kappa shape index (κ2) is 73.9. The summed E-state index contributed by atoms with van der Waals surface area (Å²) < 4.78 is 23.2. The number of ketones is 3. The molecule has 0 spiro atoms. The lowest BCUT2D eigenvalue weighted by Gasteiger charge is -2.34. The molecule has 0 aliphatic carbocycles. The molecule has 12 unspecified atom stereocenters. The lowest BCUT2D eigenvalue weighted by Crippen LogP contribution is -2.34. The average Bonchev–Trinajstić information content (AvgIpc) is 0.854. The van der Waals surface area contributed by atoms with Crippen LogP contribution in [-0.2, 0) is 33.3 Å². The highest BCUT2D eigenvalue weighted by Gasteiger charge is 2.32. The van der Waals surface area contributed by atoms with Gasteiger partial charge in [0, 0.05) is 65.8 Å². The van der Waals surface area contributed by atoms with E-state index in [1.54, 1.807) is 7.11 Å². The SMILES string of the molecule is CC(C)(C)CCCCCCC(C)(C)OCC(C)(C)C.CC(CCC(=O)CCC(C)(C)C)C(C)CCC(C)(C)C.CC(CCC(=O)CCC(C)(C)C)C(C)CCC(C)(C)C.CC(CCC(=O)CCC(C)(C)C)C(C)CCC(C)(C)C.CC(CCCCCN(C)CC(C)(C)C)C(C)C(C)(C)C.COC(C(C)CCCCCN(C)CC(C)(C)C)C(C)(C)C.COC(COCC(C)(C)C)C(C)CCCCC(C)(C)C. The summed E-state index contributed by atoms with van der Waals surface area (Å²) >= 11 is 0. The van der Waals surface area contributed by atoms with Gasteiger partial charge in [0.1, 0.15) is 17.3 Å². The first-order chi connectivity index (χ1) is 62.6. The second-order valence-electron chi connectivity index (χ2n) is 63.7. The smallest absolute Gasteiger partial charge is 0.132 e. The van der Waals surface area contributed by atoms with Gasteiger partial charge in [-0.25, -0.2) is 0 Å². The summed E-state index contributed by atoms with van der Waals surface area (Å²) in [6.45, 7) is 131. The first kappa shape index (κ1) is 152. The number of methoxy groups -OCH3 is 2. The van der Waals surface area contributed by atoms with Crippen molar-refractivity contribution in [3.63, 3.8) is 0 Å². The normalized spacial score (nSPS) is 15.9. The van der Waals surface area contributed by atoms with Crippen molar-refractivity contribution < 1.29 is 33.3 Å². The van der Waals surface area contributed by atoms with Gasteiger partial charge in [0.2, 0.25) is 0 Å². The molecule has 0 saturated carbocycles. The van der Waals surface area contributed by atoms with E-state index in [9.17, 15) is 14.4 Å². The van der Waals surface area contributed by atoms with Crippen LogP contribution in [0.3, 0.4) is 0 Å². The van der Waals surface area contributed by atoms with E-state index in [2.05, 4.69) is 398 Å². The molecule has 9 nitrogen and oxygen atoms in total. The molecule has 0 aromatic carbocycles. The molecule has 0 radical (unpaired) electrons. The molecule has 0 aromatic rings. The van der Waals surface area contributed by atoms with E-state index < -0.39 is 0 Å². The Hall–Kier alpha value is -1.23. The number of hydrogen-bond acceptors (Lipinski definition) is 9. The number of hydrogen-bond donors (Lipinski definition) is 0. The third kappa shape index (κ3) is 114. The fourth-order valence-electron chi connectivity index (χ4n) is 17.6. The molecular weight excluding hydrogens is 1710 g/mol. The second-order valence-corrected chi connectivity index (χ2v) is 63.7. The number of Topliss-reactive ketones (excluding diaryl/α,β-unsaturated/α-hetero) is 3. The van der Waals surface area contributed by atoms with Crippen LogP contribution in [0.2, 0.25) is 0 Å². The molecule has 0 rings (SSSR count). The molecule has 12 atom stereocenters. The van der Waals surface area contributed by atoms with Crippen LogP contribution in [0.1, 0.15) is 605 Å². The largest absolute Gasteiger partial charge is 0.381 e. The highest BCUT2D eigenvalue weighted by atomic mass is 16.5. The molecule has 140 heavy (non-hydrogen) atoms. The number of carbonyl (C=O) groups is 3. The zero-order chi connectivity index (χ0) is 112. The van der Waals surface area contributed by atoms with Gasteiger partial charge in [0.05, 0.1) is 37.6 Å². The van der Waals surface area contributed by atoms with E-state index in [0.29, 0.717) is 103 Å². The van der Waals surface area contributed by atoms with Crippen LogP contribution in [0.25, 0.3) is 0 Å². The molecule has 0 amide bonds. The molecule has 0 aliphatic rings. The fraction of sp³-hybridized carbons (Fsp3) is 0.977.